The van der Waals surface area contributed by atoms with Crippen molar-refractivity contribution >= 4 is 0 Å². The van der Waals surface area contributed by atoms with Gasteiger partial charge in [0, 0.05) is 12.6 Å². The van der Waals surface area contributed by atoms with Crippen molar-refractivity contribution in [3.05, 3.63) is 58.9 Å². The third kappa shape index (κ3) is 4.05. The number of rotatable bonds is 6. The summed E-state index contributed by atoms with van der Waals surface area (Å²) < 4.78 is 5.80. The normalized spacial score (nSPS) is 14.2. The van der Waals surface area contributed by atoms with Gasteiger partial charge < -0.3 is 10.1 Å². The highest BCUT2D eigenvalue weighted by Crippen LogP contribution is 2.19. The molecule has 1 aliphatic carbocycles. The molecule has 2 aromatic rings. The van der Waals surface area contributed by atoms with Crippen LogP contribution in [0, 0.1) is 13.8 Å². The van der Waals surface area contributed by atoms with E-state index < -0.39 is 0 Å². The fraction of sp³-hybridized carbons (Fsp3) is 0.389. The van der Waals surface area contributed by atoms with E-state index in [4.69, 9.17) is 4.74 Å². The number of nitrogens with one attached hydrogen (secondary N) is 1. The lowest BCUT2D eigenvalue weighted by Crippen LogP contribution is -2.16. The summed E-state index contributed by atoms with van der Waals surface area (Å²) in [4.78, 5) is 4.43. The summed E-state index contributed by atoms with van der Waals surface area (Å²) in [6.07, 6.45) is 4.42. The van der Waals surface area contributed by atoms with Gasteiger partial charge in [-0.25, -0.2) is 0 Å². The molecule has 1 heterocycles. The van der Waals surface area contributed by atoms with Crippen LogP contribution in [0.4, 0.5) is 0 Å². The Balaban J connectivity index is 1.53. The Bertz CT molecular complexity index is 603. The van der Waals surface area contributed by atoms with E-state index in [9.17, 15) is 0 Å². The molecule has 0 saturated heterocycles. The monoisotopic (exact) mass is 282 g/mol. The second-order valence-corrected chi connectivity index (χ2v) is 5.85. The second kappa shape index (κ2) is 6.27. The summed E-state index contributed by atoms with van der Waals surface area (Å²) >= 11 is 0. The number of hydrogen-bond acceptors (Lipinski definition) is 3. The molecule has 1 N–H and O–H groups in total. The van der Waals surface area contributed by atoms with Crippen molar-refractivity contribution in [3.8, 4) is 5.75 Å². The van der Waals surface area contributed by atoms with Crippen molar-refractivity contribution in [2.75, 3.05) is 0 Å². The van der Waals surface area contributed by atoms with E-state index in [2.05, 4.69) is 42.3 Å². The summed E-state index contributed by atoms with van der Waals surface area (Å²) in [5, 5.41) is 3.46. The first kappa shape index (κ1) is 14.1. The van der Waals surface area contributed by atoms with E-state index in [0.717, 1.165) is 18.0 Å². The second-order valence-electron chi connectivity index (χ2n) is 5.85. The van der Waals surface area contributed by atoms with Gasteiger partial charge >= 0.3 is 0 Å². The predicted octanol–water partition coefficient (Wildman–Crippen LogP) is 3.53. The minimum Gasteiger partial charge on any atom is -0.487 e. The van der Waals surface area contributed by atoms with E-state index in [0.29, 0.717) is 12.6 Å². The average Bonchev–Trinajstić information content (AvgIpc) is 3.32. The van der Waals surface area contributed by atoms with E-state index >= 15 is 0 Å². The van der Waals surface area contributed by atoms with Crippen molar-refractivity contribution in [2.45, 2.75) is 45.9 Å². The van der Waals surface area contributed by atoms with Crippen LogP contribution in [0.15, 0.2) is 36.5 Å². The molecule has 3 heteroatoms. The molecule has 3 nitrogen and oxygen atoms in total. The van der Waals surface area contributed by atoms with Gasteiger partial charge in [0.25, 0.3) is 0 Å². The molecule has 1 aliphatic rings. The molecule has 0 atom stereocenters. The van der Waals surface area contributed by atoms with Crippen molar-refractivity contribution in [1.82, 2.24) is 10.3 Å². The molecule has 21 heavy (non-hydrogen) atoms. The van der Waals surface area contributed by atoms with Gasteiger partial charge in [0.1, 0.15) is 12.4 Å². The molecule has 1 saturated carbocycles. The zero-order chi connectivity index (χ0) is 14.7. The predicted molar refractivity (Wildman–Crippen MR) is 84.3 cm³/mol. The summed E-state index contributed by atoms with van der Waals surface area (Å²) in [5.74, 6) is 0.823. The lowest BCUT2D eigenvalue weighted by atomic mass is 10.1. The standard InChI is InChI=1S/C18H22N2O/c1-13-3-4-15(9-14(13)2)12-21-18-8-7-17(20-11-18)10-19-16-5-6-16/h3-4,7-9,11,16,19H,5-6,10,12H2,1-2H3. The molecule has 0 radical (unpaired) electrons. The molecule has 0 spiro atoms. The van der Waals surface area contributed by atoms with Crippen LogP contribution in [0.5, 0.6) is 5.75 Å². The van der Waals surface area contributed by atoms with E-state index in [1.165, 1.54) is 29.5 Å². The Morgan fingerprint density at radius 3 is 2.67 bits per heavy atom. The Kier molecular flexibility index (Phi) is 4.20. The van der Waals surface area contributed by atoms with Gasteiger partial charge in [-0.3, -0.25) is 4.98 Å². The molecule has 0 unspecified atom stereocenters. The fourth-order valence-corrected chi connectivity index (χ4v) is 2.20. The van der Waals surface area contributed by atoms with Crippen molar-refractivity contribution in [1.29, 1.82) is 0 Å². The van der Waals surface area contributed by atoms with Crippen molar-refractivity contribution < 1.29 is 4.74 Å². The molecule has 1 fully saturated rings. The SMILES string of the molecule is Cc1ccc(COc2ccc(CNC3CC3)nc2)cc1C. The molecule has 1 aromatic carbocycles. The number of benzene rings is 1. The zero-order valence-electron chi connectivity index (χ0n) is 12.7. The highest BCUT2D eigenvalue weighted by atomic mass is 16.5. The van der Waals surface area contributed by atoms with Gasteiger partial charge in [0.15, 0.2) is 0 Å². The van der Waals surface area contributed by atoms with Crippen molar-refractivity contribution in [3.63, 3.8) is 0 Å². The molecule has 0 aliphatic heterocycles. The van der Waals surface area contributed by atoms with Gasteiger partial charge in [-0.15, -0.1) is 0 Å². The number of ether oxygens (including phenoxy) is 1. The quantitative estimate of drug-likeness (QED) is 0.880. The van der Waals surface area contributed by atoms with Crippen LogP contribution < -0.4 is 10.1 Å². The minimum atomic E-state index is 0.586. The van der Waals surface area contributed by atoms with Crippen LogP contribution in [-0.4, -0.2) is 11.0 Å². The Morgan fingerprint density at radius 1 is 1.14 bits per heavy atom. The molecule has 1 aromatic heterocycles. The number of pyridine rings is 1. The average molecular weight is 282 g/mol. The molecular formula is C18H22N2O. The van der Waals surface area contributed by atoms with E-state index in [1.54, 1.807) is 0 Å². The third-order valence-corrected chi connectivity index (χ3v) is 3.92. The molecule has 3 rings (SSSR count). The smallest absolute Gasteiger partial charge is 0.138 e. The zero-order valence-corrected chi connectivity index (χ0v) is 12.7. The molecule has 110 valence electrons. The maximum atomic E-state index is 5.80. The first-order valence-corrected chi connectivity index (χ1v) is 7.58. The number of nitrogens with zero attached hydrogens (tertiary/aromatic N) is 1. The van der Waals surface area contributed by atoms with Gasteiger partial charge in [0.05, 0.1) is 11.9 Å². The Hall–Kier alpha value is -1.87. The number of aryl methyl sites for hydroxylation is 2. The Morgan fingerprint density at radius 2 is 2.00 bits per heavy atom. The van der Waals surface area contributed by atoms with E-state index in [1.807, 2.05) is 18.3 Å². The minimum absolute atomic E-state index is 0.586. The highest BCUT2D eigenvalue weighted by Gasteiger charge is 2.19. The maximum absolute atomic E-state index is 5.80. The first-order chi connectivity index (χ1) is 10.2. The topological polar surface area (TPSA) is 34.1 Å². The first-order valence-electron chi connectivity index (χ1n) is 7.58. The van der Waals surface area contributed by atoms with Crippen LogP contribution in [0.25, 0.3) is 0 Å². The van der Waals surface area contributed by atoms with Gasteiger partial charge in [0.2, 0.25) is 0 Å². The largest absolute Gasteiger partial charge is 0.487 e. The van der Waals surface area contributed by atoms with Crippen molar-refractivity contribution in [2.24, 2.45) is 0 Å². The molecular weight excluding hydrogens is 260 g/mol. The van der Waals surface area contributed by atoms with Crippen LogP contribution in [-0.2, 0) is 13.2 Å². The van der Waals surface area contributed by atoms with Crippen LogP contribution >= 0.6 is 0 Å². The third-order valence-electron chi connectivity index (χ3n) is 3.92. The summed E-state index contributed by atoms with van der Waals surface area (Å²) in [7, 11) is 0. The number of aromatic nitrogens is 1. The number of hydrogen-bond donors (Lipinski definition) is 1. The lowest BCUT2D eigenvalue weighted by molar-refractivity contribution is 0.304. The highest BCUT2D eigenvalue weighted by molar-refractivity contribution is 5.30. The molecule has 0 amide bonds. The van der Waals surface area contributed by atoms with Gasteiger partial charge in [-0.05, 0) is 55.5 Å². The van der Waals surface area contributed by atoms with E-state index in [-0.39, 0.29) is 0 Å². The van der Waals surface area contributed by atoms with Crippen LogP contribution in [0.2, 0.25) is 0 Å². The summed E-state index contributed by atoms with van der Waals surface area (Å²) in [6.45, 7) is 5.69. The lowest BCUT2D eigenvalue weighted by Gasteiger charge is -2.09. The van der Waals surface area contributed by atoms with Crippen LogP contribution in [0.3, 0.4) is 0 Å². The van der Waals surface area contributed by atoms with Gasteiger partial charge in [-0.1, -0.05) is 18.2 Å². The summed E-state index contributed by atoms with van der Waals surface area (Å²) in [6, 6.07) is 11.2. The maximum Gasteiger partial charge on any atom is 0.138 e. The Labute approximate surface area is 126 Å². The van der Waals surface area contributed by atoms with Gasteiger partial charge in [-0.2, -0.15) is 0 Å². The molecule has 0 bridgehead atoms. The fourth-order valence-electron chi connectivity index (χ4n) is 2.20. The van der Waals surface area contributed by atoms with Crippen LogP contribution in [0.1, 0.15) is 35.2 Å². The summed E-state index contributed by atoms with van der Waals surface area (Å²) in [5.41, 5.74) is 4.88.